The first kappa shape index (κ1) is 21.9. The van der Waals surface area contributed by atoms with Gasteiger partial charge in [0, 0.05) is 15.6 Å². The van der Waals surface area contributed by atoms with Crippen molar-refractivity contribution in [2.45, 2.75) is 19.4 Å². The van der Waals surface area contributed by atoms with E-state index in [9.17, 15) is 14.4 Å². The lowest BCUT2D eigenvalue weighted by molar-refractivity contribution is -0.134. The van der Waals surface area contributed by atoms with E-state index >= 15 is 0 Å². The number of hydrogen-bond donors (Lipinski definition) is 2. The summed E-state index contributed by atoms with van der Waals surface area (Å²) in [5, 5.41) is 5.91. The number of imide groups is 1. The van der Waals surface area contributed by atoms with Gasteiger partial charge < -0.3 is 15.4 Å². The summed E-state index contributed by atoms with van der Waals surface area (Å²) < 4.78 is 5.56. The molecular formula is C21H21Cl2N3O4. The van der Waals surface area contributed by atoms with E-state index in [-0.39, 0.29) is 18.2 Å². The fraction of sp³-hybridized carbons (Fsp3) is 0.286. The normalized spacial score (nSPS) is 18.3. The zero-order valence-electron chi connectivity index (χ0n) is 16.5. The molecule has 9 heteroatoms. The average molecular weight is 450 g/mol. The van der Waals surface area contributed by atoms with E-state index in [2.05, 4.69) is 10.6 Å². The molecule has 3 rings (SSSR count). The highest BCUT2D eigenvalue weighted by Gasteiger charge is 2.50. The van der Waals surface area contributed by atoms with Gasteiger partial charge in [0.1, 0.15) is 24.4 Å². The molecule has 2 aromatic carbocycles. The number of hydrogen-bond acceptors (Lipinski definition) is 4. The zero-order valence-corrected chi connectivity index (χ0v) is 18.0. The summed E-state index contributed by atoms with van der Waals surface area (Å²) in [7, 11) is 0. The molecule has 0 radical (unpaired) electrons. The van der Waals surface area contributed by atoms with Gasteiger partial charge in [-0.25, -0.2) is 4.79 Å². The van der Waals surface area contributed by atoms with Gasteiger partial charge in [-0.05, 0) is 43.7 Å². The number of carbonyl (C=O) groups excluding carboxylic acids is 3. The van der Waals surface area contributed by atoms with E-state index in [0.717, 1.165) is 10.5 Å². The molecule has 1 atom stereocenters. The smallest absolute Gasteiger partial charge is 0.325 e. The van der Waals surface area contributed by atoms with E-state index in [1.165, 1.54) is 13.0 Å². The third-order valence-electron chi connectivity index (χ3n) is 4.73. The number of urea groups is 1. The molecule has 1 fully saturated rings. The highest BCUT2D eigenvalue weighted by molar-refractivity contribution is 6.35. The SMILES string of the molecule is Cc1cccc(OCCNC(=O)CN2C(=O)NC(C)(c3ccc(Cl)cc3Cl)C2=O)c1. The van der Waals surface area contributed by atoms with Crippen LogP contribution in [0, 0.1) is 6.92 Å². The van der Waals surface area contributed by atoms with Gasteiger partial charge in [0.25, 0.3) is 5.91 Å². The third kappa shape index (κ3) is 4.68. The van der Waals surface area contributed by atoms with Crippen molar-refractivity contribution in [1.82, 2.24) is 15.5 Å². The van der Waals surface area contributed by atoms with E-state index in [1.54, 1.807) is 12.1 Å². The zero-order chi connectivity index (χ0) is 21.9. The van der Waals surface area contributed by atoms with Crippen LogP contribution < -0.4 is 15.4 Å². The number of nitrogens with one attached hydrogen (secondary N) is 2. The molecule has 0 bridgehead atoms. The maximum absolute atomic E-state index is 12.9. The van der Waals surface area contributed by atoms with Crippen LogP contribution in [0.15, 0.2) is 42.5 Å². The monoisotopic (exact) mass is 449 g/mol. The van der Waals surface area contributed by atoms with Crippen LogP contribution in [0.4, 0.5) is 4.79 Å². The molecule has 2 aromatic rings. The molecule has 1 unspecified atom stereocenters. The Balaban J connectivity index is 1.56. The Kier molecular flexibility index (Phi) is 6.53. The Morgan fingerprint density at radius 3 is 2.67 bits per heavy atom. The van der Waals surface area contributed by atoms with Crippen LogP contribution in [0.25, 0.3) is 0 Å². The summed E-state index contributed by atoms with van der Waals surface area (Å²) in [6, 6.07) is 11.5. The molecule has 1 aliphatic heterocycles. The number of nitrogens with zero attached hydrogens (tertiary/aromatic N) is 1. The lowest BCUT2D eigenvalue weighted by Gasteiger charge is -2.23. The minimum Gasteiger partial charge on any atom is -0.492 e. The van der Waals surface area contributed by atoms with Gasteiger partial charge in [-0.3, -0.25) is 14.5 Å². The van der Waals surface area contributed by atoms with Crippen LogP contribution in [-0.2, 0) is 15.1 Å². The van der Waals surface area contributed by atoms with Gasteiger partial charge in [0.05, 0.1) is 6.54 Å². The summed E-state index contributed by atoms with van der Waals surface area (Å²) >= 11 is 12.1. The molecule has 0 aromatic heterocycles. The third-order valence-corrected chi connectivity index (χ3v) is 5.28. The lowest BCUT2D eigenvalue weighted by atomic mass is 9.92. The van der Waals surface area contributed by atoms with Gasteiger partial charge in [-0.2, -0.15) is 0 Å². The second-order valence-corrected chi connectivity index (χ2v) is 7.93. The average Bonchev–Trinajstić information content (AvgIpc) is 2.89. The summed E-state index contributed by atoms with van der Waals surface area (Å²) in [6.07, 6.45) is 0. The molecule has 2 N–H and O–H groups in total. The number of rotatable bonds is 7. The van der Waals surface area contributed by atoms with E-state index in [1.807, 2.05) is 31.2 Å². The van der Waals surface area contributed by atoms with Crippen molar-refractivity contribution in [3.8, 4) is 5.75 Å². The maximum Gasteiger partial charge on any atom is 0.325 e. The van der Waals surface area contributed by atoms with Gasteiger partial charge in [-0.15, -0.1) is 0 Å². The predicted molar refractivity (Wildman–Crippen MR) is 114 cm³/mol. The second kappa shape index (κ2) is 8.93. The Morgan fingerprint density at radius 1 is 1.20 bits per heavy atom. The summed E-state index contributed by atoms with van der Waals surface area (Å²) in [5.41, 5.74) is 0.0909. The van der Waals surface area contributed by atoms with E-state index < -0.39 is 29.9 Å². The van der Waals surface area contributed by atoms with Gasteiger partial charge >= 0.3 is 6.03 Å². The van der Waals surface area contributed by atoms with Crippen molar-refractivity contribution in [1.29, 1.82) is 0 Å². The van der Waals surface area contributed by atoms with Crippen LogP contribution in [0.5, 0.6) is 5.75 Å². The van der Waals surface area contributed by atoms with E-state index in [0.29, 0.717) is 16.3 Å². The molecule has 0 aliphatic carbocycles. The minimum atomic E-state index is -1.38. The first-order valence-electron chi connectivity index (χ1n) is 9.26. The van der Waals surface area contributed by atoms with Crippen LogP contribution in [0.3, 0.4) is 0 Å². The highest BCUT2D eigenvalue weighted by atomic mass is 35.5. The molecule has 30 heavy (non-hydrogen) atoms. The first-order valence-corrected chi connectivity index (χ1v) is 10.0. The largest absolute Gasteiger partial charge is 0.492 e. The lowest BCUT2D eigenvalue weighted by Crippen LogP contribution is -2.44. The number of ether oxygens (including phenoxy) is 1. The predicted octanol–water partition coefficient (Wildman–Crippen LogP) is 3.26. The molecular weight excluding hydrogens is 429 g/mol. The van der Waals surface area contributed by atoms with Crippen LogP contribution in [0.1, 0.15) is 18.1 Å². The van der Waals surface area contributed by atoms with Crippen LogP contribution in [-0.4, -0.2) is 42.4 Å². The number of benzene rings is 2. The molecule has 7 nitrogen and oxygen atoms in total. The molecule has 4 amide bonds. The Labute approximate surface area is 184 Å². The highest BCUT2D eigenvalue weighted by Crippen LogP contribution is 2.34. The number of halogens is 2. The summed E-state index contributed by atoms with van der Waals surface area (Å²) in [5.74, 6) is -0.338. The number of amides is 4. The Morgan fingerprint density at radius 2 is 1.97 bits per heavy atom. The van der Waals surface area contributed by atoms with Gasteiger partial charge in [0.15, 0.2) is 0 Å². The molecule has 0 spiro atoms. The first-order chi connectivity index (χ1) is 14.2. The van der Waals surface area contributed by atoms with Crippen molar-refractivity contribution in [3.63, 3.8) is 0 Å². The van der Waals surface area contributed by atoms with Crippen LogP contribution >= 0.6 is 23.2 Å². The molecule has 1 heterocycles. The second-order valence-electron chi connectivity index (χ2n) is 7.09. The fourth-order valence-corrected chi connectivity index (χ4v) is 3.78. The topological polar surface area (TPSA) is 87.7 Å². The molecule has 158 valence electrons. The quantitative estimate of drug-likeness (QED) is 0.501. The molecule has 1 aliphatic rings. The van der Waals surface area contributed by atoms with Gasteiger partial charge in [-0.1, -0.05) is 41.4 Å². The van der Waals surface area contributed by atoms with Crippen molar-refractivity contribution >= 4 is 41.0 Å². The summed E-state index contributed by atoms with van der Waals surface area (Å²) in [6.45, 7) is 3.58. The number of aryl methyl sites for hydroxylation is 1. The Hall–Kier alpha value is -2.77. The summed E-state index contributed by atoms with van der Waals surface area (Å²) in [4.78, 5) is 38.4. The fourth-order valence-electron chi connectivity index (χ4n) is 3.18. The van der Waals surface area contributed by atoms with E-state index in [4.69, 9.17) is 27.9 Å². The van der Waals surface area contributed by atoms with Gasteiger partial charge in [0.2, 0.25) is 5.91 Å². The maximum atomic E-state index is 12.9. The van der Waals surface area contributed by atoms with Crippen molar-refractivity contribution in [3.05, 3.63) is 63.6 Å². The number of carbonyl (C=O) groups is 3. The Bertz CT molecular complexity index is 998. The minimum absolute atomic E-state index is 0.233. The standard InChI is InChI=1S/C21H21Cl2N3O4/c1-13-4-3-5-15(10-13)30-9-8-24-18(27)12-26-19(28)21(2,25-20(26)29)16-7-6-14(22)11-17(16)23/h3-7,10-11H,8-9,12H2,1-2H3,(H,24,27)(H,25,29). The molecule has 0 saturated carbocycles. The van der Waals surface area contributed by atoms with Crippen molar-refractivity contribution in [2.24, 2.45) is 0 Å². The van der Waals surface area contributed by atoms with Crippen molar-refractivity contribution < 1.29 is 19.1 Å². The van der Waals surface area contributed by atoms with Crippen molar-refractivity contribution in [2.75, 3.05) is 19.7 Å². The molecule has 1 saturated heterocycles. The van der Waals surface area contributed by atoms with Crippen LogP contribution in [0.2, 0.25) is 10.0 Å².